The third-order valence-electron chi connectivity index (χ3n) is 4.05. The number of hydrogen-bond donors (Lipinski definition) is 4. The van der Waals surface area contributed by atoms with E-state index in [1.807, 2.05) is 6.07 Å². The van der Waals surface area contributed by atoms with Crippen LogP contribution in [0.15, 0.2) is 11.4 Å². The van der Waals surface area contributed by atoms with Crippen LogP contribution in [-0.2, 0) is 0 Å². The van der Waals surface area contributed by atoms with Crippen molar-refractivity contribution in [1.82, 2.24) is 0 Å². The fraction of sp³-hybridized carbons (Fsp3) is 0.538. The molecule has 7 nitrogen and oxygen atoms in total. The van der Waals surface area contributed by atoms with E-state index >= 15 is 0 Å². The highest BCUT2D eigenvalue weighted by atomic mass is 14.9. The molecule has 3 atom stereocenters. The summed E-state index contributed by atoms with van der Waals surface area (Å²) in [4.78, 5) is 0. The zero-order valence-corrected chi connectivity index (χ0v) is 11.9. The van der Waals surface area contributed by atoms with Crippen LogP contribution < -0.4 is 17.2 Å². The Morgan fingerprint density at radius 1 is 1.25 bits per heavy atom. The molecule has 0 bridgehead atoms. The fourth-order valence-corrected chi connectivity index (χ4v) is 2.04. The summed E-state index contributed by atoms with van der Waals surface area (Å²) in [6.45, 7) is 4.85. The second-order valence-electron chi connectivity index (χ2n) is 4.86. The van der Waals surface area contributed by atoms with E-state index in [4.69, 9.17) is 33.1 Å². The van der Waals surface area contributed by atoms with Gasteiger partial charge in [-0.05, 0) is 6.42 Å². The van der Waals surface area contributed by atoms with E-state index in [0.29, 0.717) is 6.42 Å². The van der Waals surface area contributed by atoms with Crippen LogP contribution in [0.1, 0.15) is 27.2 Å². The minimum absolute atomic E-state index is 0.0121. The number of nitrogens with zero attached hydrogens (tertiary/aromatic N) is 3. The molecule has 0 aromatic rings. The molecule has 3 unspecified atom stereocenters. The Morgan fingerprint density at radius 2 is 1.75 bits per heavy atom. The molecule has 0 fully saturated rings. The van der Waals surface area contributed by atoms with Gasteiger partial charge in [-0.25, -0.2) is 0 Å². The number of nitrogens with two attached hydrogens (primary N) is 3. The minimum Gasteiger partial charge on any atom is -0.399 e. The maximum atomic E-state index is 9.49. The Morgan fingerprint density at radius 3 is 2.05 bits per heavy atom. The Hall–Kier alpha value is -2.56. The highest BCUT2D eigenvalue weighted by molar-refractivity contribution is 6.01. The predicted molar refractivity (Wildman–Crippen MR) is 74.4 cm³/mol. The molecule has 0 aliphatic carbocycles. The lowest BCUT2D eigenvalue weighted by molar-refractivity contribution is 0.223. The molecular formula is C13H19N7. The van der Waals surface area contributed by atoms with Crippen molar-refractivity contribution in [3.8, 4) is 18.2 Å². The van der Waals surface area contributed by atoms with Gasteiger partial charge in [-0.1, -0.05) is 20.8 Å². The van der Waals surface area contributed by atoms with Gasteiger partial charge in [0.25, 0.3) is 0 Å². The van der Waals surface area contributed by atoms with E-state index in [-0.39, 0.29) is 17.1 Å². The van der Waals surface area contributed by atoms with Gasteiger partial charge in [-0.2, -0.15) is 15.8 Å². The van der Waals surface area contributed by atoms with Crippen molar-refractivity contribution >= 4 is 5.71 Å². The Kier molecular flexibility index (Phi) is 5.28. The maximum absolute atomic E-state index is 9.49. The Labute approximate surface area is 118 Å². The third-order valence-corrected chi connectivity index (χ3v) is 4.05. The van der Waals surface area contributed by atoms with Gasteiger partial charge in [0.2, 0.25) is 0 Å². The van der Waals surface area contributed by atoms with Gasteiger partial charge in [0.05, 0.1) is 11.5 Å². The first-order valence-corrected chi connectivity index (χ1v) is 6.00. The molecule has 20 heavy (non-hydrogen) atoms. The normalized spacial score (nSPS) is 19.1. The Balaban J connectivity index is 6.13. The molecule has 0 heterocycles. The lowest BCUT2D eigenvalue weighted by Crippen LogP contribution is -2.61. The molecule has 0 saturated heterocycles. The second kappa shape index (κ2) is 6.06. The predicted octanol–water partition coefficient (Wildman–Crippen LogP) is 0.456. The van der Waals surface area contributed by atoms with Crippen LogP contribution in [0.2, 0.25) is 0 Å². The minimum atomic E-state index is -1.62. The molecule has 0 spiro atoms. The summed E-state index contributed by atoms with van der Waals surface area (Å²) >= 11 is 0. The summed E-state index contributed by atoms with van der Waals surface area (Å²) < 4.78 is 0. The van der Waals surface area contributed by atoms with Crippen molar-refractivity contribution in [2.75, 3.05) is 0 Å². The monoisotopic (exact) mass is 273 g/mol. The third kappa shape index (κ3) is 2.42. The fourth-order valence-electron chi connectivity index (χ4n) is 2.04. The number of nitrogens with one attached hydrogen (secondary N) is 1. The SMILES string of the molecule is CCC(C)(C(=N)C#N)C(N)(C#N)C(C)/C(N)=C(/N)C#N. The average molecular weight is 273 g/mol. The lowest BCUT2D eigenvalue weighted by Gasteiger charge is -2.43. The van der Waals surface area contributed by atoms with Gasteiger partial charge >= 0.3 is 0 Å². The summed E-state index contributed by atoms with van der Waals surface area (Å²) in [5.41, 5.74) is 14.1. The van der Waals surface area contributed by atoms with Gasteiger partial charge in [-0.3, -0.25) is 5.41 Å². The molecule has 0 amide bonds. The number of rotatable bonds is 5. The van der Waals surface area contributed by atoms with Crippen molar-refractivity contribution in [3.05, 3.63) is 11.4 Å². The van der Waals surface area contributed by atoms with Crippen molar-refractivity contribution in [1.29, 1.82) is 21.2 Å². The van der Waals surface area contributed by atoms with E-state index in [1.165, 1.54) is 0 Å². The highest BCUT2D eigenvalue weighted by Gasteiger charge is 2.52. The zero-order valence-electron chi connectivity index (χ0n) is 11.9. The molecule has 0 radical (unpaired) electrons. The molecule has 0 aliphatic rings. The molecule has 7 heteroatoms. The standard InChI is InChI=1S/C13H19N7/c1-4-12(3,10(18)6-15)13(20,7-16)8(2)11(19)9(17)5-14/h8,18H,4,17,19-20H2,1-3H3/b11-9-,18-10?. The van der Waals surface area contributed by atoms with Crippen LogP contribution in [0.5, 0.6) is 0 Å². The molecule has 0 aromatic carbocycles. The van der Waals surface area contributed by atoms with Crippen LogP contribution in [0.3, 0.4) is 0 Å². The number of allylic oxidation sites excluding steroid dienone is 1. The van der Waals surface area contributed by atoms with E-state index in [1.54, 1.807) is 32.9 Å². The van der Waals surface area contributed by atoms with Crippen LogP contribution in [0.25, 0.3) is 0 Å². The lowest BCUT2D eigenvalue weighted by atomic mass is 9.61. The molecule has 106 valence electrons. The summed E-state index contributed by atoms with van der Waals surface area (Å²) in [5.74, 6) is -0.786. The highest BCUT2D eigenvalue weighted by Crippen LogP contribution is 2.40. The first-order chi connectivity index (χ1) is 9.16. The van der Waals surface area contributed by atoms with Crippen molar-refractivity contribution in [3.63, 3.8) is 0 Å². The van der Waals surface area contributed by atoms with Gasteiger partial charge in [-0.15, -0.1) is 0 Å². The molecule has 0 saturated carbocycles. The first-order valence-electron chi connectivity index (χ1n) is 6.00. The van der Waals surface area contributed by atoms with E-state index in [0.717, 1.165) is 0 Å². The van der Waals surface area contributed by atoms with Gasteiger partial charge in [0.15, 0.2) is 0 Å². The second-order valence-corrected chi connectivity index (χ2v) is 4.86. The van der Waals surface area contributed by atoms with Gasteiger partial charge < -0.3 is 17.2 Å². The van der Waals surface area contributed by atoms with E-state index < -0.39 is 16.9 Å². The first kappa shape index (κ1) is 17.4. The number of nitriles is 3. The maximum Gasteiger partial charge on any atom is 0.130 e. The topological polar surface area (TPSA) is 173 Å². The largest absolute Gasteiger partial charge is 0.399 e. The summed E-state index contributed by atoms with van der Waals surface area (Å²) in [7, 11) is 0. The molecule has 0 aromatic heterocycles. The number of hydrogen-bond acceptors (Lipinski definition) is 7. The summed E-state index contributed by atoms with van der Waals surface area (Å²) in [5, 5.41) is 35.0. The van der Waals surface area contributed by atoms with Gasteiger partial charge in [0.1, 0.15) is 29.1 Å². The zero-order chi connectivity index (χ0) is 16.1. The van der Waals surface area contributed by atoms with Crippen LogP contribution >= 0.6 is 0 Å². The molecule has 0 aliphatic heterocycles. The van der Waals surface area contributed by atoms with Crippen LogP contribution in [0, 0.1) is 50.7 Å². The van der Waals surface area contributed by atoms with E-state index in [9.17, 15) is 5.26 Å². The van der Waals surface area contributed by atoms with Crippen LogP contribution in [-0.4, -0.2) is 11.3 Å². The van der Waals surface area contributed by atoms with Crippen molar-refractivity contribution in [2.24, 2.45) is 28.5 Å². The van der Waals surface area contributed by atoms with Crippen LogP contribution in [0.4, 0.5) is 0 Å². The van der Waals surface area contributed by atoms with Crippen molar-refractivity contribution < 1.29 is 0 Å². The molecule has 7 N–H and O–H groups in total. The van der Waals surface area contributed by atoms with Gasteiger partial charge in [0, 0.05) is 11.6 Å². The van der Waals surface area contributed by atoms with E-state index in [2.05, 4.69) is 0 Å². The quantitative estimate of drug-likeness (QED) is 0.418. The molecular weight excluding hydrogens is 254 g/mol. The molecule has 0 rings (SSSR count). The Bertz CT molecular complexity index is 557. The average Bonchev–Trinajstić information content (AvgIpc) is 2.49. The summed E-state index contributed by atoms with van der Waals surface area (Å²) in [6, 6.07) is 5.39. The summed E-state index contributed by atoms with van der Waals surface area (Å²) in [6.07, 6.45) is 0.299. The smallest absolute Gasteiger partial charge is 0.130 e. The van der Waals surface area contributed by atoms with Crippen molar-refractivity contribution in [2.45, 2.75) is 32.7 Å².